The van der Waals surface area contributed by atoms with Crippen molar-refractivity contribution >= 4 is 12.0 Å². The second kappa shape index (κ2) is 5.77. The van der Waals surface area contributed by atoms with Crippen LogP contribution in [-0.2, 0) is 9.53 Å². The molecule has 2 aliphatic heterocycles. The highest BCUT2D eigenvalue weighted by molar-refractivity contribution is 5.77. The lowest BCUT2D eigenvalue weighted by Crippen LogP contribution is -2.47. The van der Waals surface area contributed by atoms with Crippen LogP contribution in [0.15, 0.2) is 0 Å². The van der Waals surface area contributed by atoms with E-state index in [1.54, 1.807) is 4.90 Å². The summed E-state index contributed by atoms with van der Waals surface area (Å²) in [4.78, 5) is 24.7. The van der Waals surface area contributed by atoms with Crippen LogP contribution in [0.25, 0.3) is 0 Å². The zero-order chi connectivity index (χ0) is 14.0. The van der Waals surface area contributed by atoms with Crippen molar-refractivity contribution in [2.24, 2.45) is 11.8 Å². The van der Waals surface area contributed by atoms with E-state index >= 15 is 0 Å². The number of aliphatic carboxylic acids is 1. The molecule has 0 radical (unpaired) electrons. The Bertz CT molecular complexity index is 355. The fourth-order valence-corrected chi connectivity index (χ4v) is 2.83. The van der Waals surface area contributed by atoms with Crippen LogP contribution in [0.3, 0.4) is 0 Å². The van der Waals surface area contributed by atoms with Gasteiger partial charge in [-0.15, -0.1) is 0 Å². The number of urea groups is 1. The first-order valence-corrected chi connectivity index (χ1v) is 6.89. The van der Waals surface area contributed by atoms with Gasteiger partial charge in [-0.3, -0.25) is 4.79 Å². The fraction of sp³-hybridized carbons (Fsp3) is 0.846. The van der Waals surface area contributed by atoms with Crippen LogP contribution in [0.4, 0.5) is 4.79 Å². The van der Waals surface area contributed by atoms with Crippen LogP contribution >= 0.6 is 0 Å². The summed E-state index contributed by atoms with van der Waals surface area (Å²) >= 11 is 0. The summed E-state index contributed by atoms with van der Waals surface area (Å²) < 4.78 is 5.53. The van der Waals surface area contributed by atoms with Crippen molar-refractivity contribution in [2.45, 2.75) is 38.8 Å². The van der Waals surface area contributed by atoms with Gasteiger partial charge in [0, 0.05) is 19.7 Å². The maximum absolute atomic E-state index is 12.1. The standard InChI is InChI=1S/C13H22N2O4/c1-8-6-15(7-10(8)12(16)17)13(18)14-9(2)11-4-3-5-19-11/h8-11H,3-7H2,1-2H3,(H,14,18)(H,16,17)/t8-,9?,10-,11?/m1/s1. The number of ether oxygens (including phenoxy) is 1. The van der Waals surface area contributed by atoms with Crippen LogP contribution in [0.1, 0.15) is 26.7 Å². The highest BCUT2D eigenvalue weighted by Crippen LogP contribution is 2.23. The zero-order valence-electron chi connectivity index (χ0n) is 11.5. The zero-order valence-corrected chi connectivity index (χ0v) is 11.5. The molecule has 0 aromatic carbocycles. The van der Waals surface area contributed by atoms with E-state index in [9.17, 15) is 9.59 Å². The van der Waals surface area contributed by atoms with Gasteiger partial charge in [0.2, 0.25) is 0 Å². The van der Waals surface area contributed by atoms with E-state index < -0.39 is 11.9 Å². The Labute approximate surface area is 113 Å². The van der Waals surface area contributed by atoms with Gasteiger partial charge in [0.25, 0.3) is 0 Å². The third-order valence-corrected chi connectivity index (χ3v) is 4.09. The van der Waals surface area contributed by atoms with Crippen molar-refractivity contribution in [2.75, 3.05) is 19.7 Å². The third kappa shape index (κ3) is 3.18. The van der Waals surface area contributed by atoms with Crippen molar-refractivity contribution in [3.8, 4) is 0 Å². The number of hydrogen-bond donors (Lipinski definition) is 2. The Morgan fingerprint density at radius 3 is 2.68 bits per heavy atom. The number of amides is 2. The molecule has 0 aliphatic carbocycles. The lowest BCUT2D eigenvalue weighted by atomic mass is 9.99. The van der Waals surface area contributed by atoms with Crippen LogP contribution in [0.2, 0.25) is 0 Å². The van der Waals surface area contributed by atoms with Gasteiger partial charge >= 0.3 is 12.0 Å². The molecule has 108 valence electrons. The fourth-order valence-electron chi connectivity index (χ4n) is 2.83. The minimum atomic E-state index is -0.824. The Kier molecular flexibility index (Phi) is 4.29. The number of carbonyl (C=O) groups excluding carboxylic acids is 1. The first-order chi connectivity index (χ1) is 8.99. The Morgan fingerprint density at radius 2 is 2.16 bits per heavy atom. The van der Waals surface area contributed by atoms with E-state index in [1.807, 2.05) is 13.8 Å². The second-order valence-corrected chi connectivity index (χ2v) is 5.62. The Balaban J connectivity index is 1.85. The molecule has 0 aromatic rings. The topological polar surface area (TPSA) is 78.9 Å². The molecular formula is C13H22N2O4. The number of likely N-dealkylation sites (tertiary alicyclic amines) is 1. The SMILES string of the molecule is CC(NC(=O)N1C[C@@H](C)[C@H](C(=O)O)C1)C1CCCO1. The van der Waals surface area contributed by atoms with Crippen LogP contribution in [-0.4, -0.2) is 53.8 Å². The largest absolute Gasteiger partial charge is 0.481 e. The summed E-state index contributed by atoms with van der Waals surface area (Å²) in [5, 5.41) is 12.0. The van der Waals surface area contributed by atoms with E-state index in [4.69, 9.17) is 9.84 Å². The van der Waals surface area contributed by atoms with Crippen molar-refractivity contribution in [3.63, 3.8) is 0 Å². The molecule has 19 heavy (non-hydrogen) atoms. The normalized spacial score (nSPS) is 32.3. The van der Waals surface area contributed by atoms with E-state index in [2.05, 4.69) is 5.32 Å². The highest BCUT2D eigenvalue weighted by atomic mass is 16.5. The molecule has 2 unspecified atom stereocenters. The average molecular weight is 270 g/mol. The van der Waals surface area contributed by atoms with Gasteiger partial charge in [0.1, 0.15) is 0 Å². The molecule has 2 saturated heterocycles. The first-order valence-electron chi connectivity index (χ1n) is 6.89. The lowest BCUT2D eigenvalue weighted by Gasteiger charge is -2.24. The molecular weight excluding hydrogens is 248 g/mol. The molecule has 2 aliphatic rings. The number of carboxylic acids is 1. The molecule has 2 fully saturated rings. The minimum absolute atomic E-state index is 0.00119. The number of carbonyl (C=O) groups is 2. The van der Waals surface area contributed by atoms with Crippen LogP contribution < -0.4 is 5.32 Å². The molecule has 6 nitrogen and oxygen atoms in total. The molecule has 2 amide bonds. The van der Waals surface area contributed by atoms with Crippen LogP contribution in [0, 0.1) is 11.8 Å². The van der Waals surface area contributed by atoms with E-state index in [-0.39, 0.29) is 24.1 Å². The lowest BCUT2D eigenvalue weighted by molar-refractivity contribution is -0.142. The summed E-state index contributed by atoms with van der Waals surface area (Å²) in [6, 6.07) is -0.215. The van der Waals surface area contributed by atoms with Crippen molar-refractivity contribution in [1.29, 1.82) is 0 Å². The molecule has 2 N–H and O–H groups in total. The number of carboxylic acid groups (broad SMARTS) is 1. The first kappa shape index (κ1) is 14.1. The molecule has 0 bridgehead atoms. The number of nitrogens with zero attached hydrogens (tertiary/aromatic N) is 1. The Morgan fingerprint density at radius 1 is 1.42 bits per heavy atom. The quantitative estimate of drug-likeness (QED) is 0.799. The average Bonchev–Trinajstić information content (AvgIpc) is 2.96. The van der Waals surface area contributed by atoms with Gasteiger partial charge in [-0.25, -0.2) is 4.79 Å². The minimum Gasteiger partial charge on any atom is -0.481 e. The molecule has 4 atom stereocenters. The summed E-state index contributed by atoms with van der Waals surface area (Å²) in [5.74, 6) is -1.28. The van der Waals surface area contributed by atoms with Crippen molar-refractivity contribution in [1.82, 2.24) is 10.2 Å². The summed E-state index contributed by atoms with van der Waals surface area (Å²) in [7, 11) is 0. The maximum Gasteiger partial charge on any atom is 0.317 e. The monoisotopic (exact) mass is 270 g/mol. The van der Waals surface area contributed by atoms with E-state index in [1.165, 1.54) is 0 Å². The van der Waals surface area contributed by atoms with Gasteiger partial charge in [0.15, 0.2) is 0 Å². The smallest absolute Gasteiger partial charge is 0.317 e. The van der Waals surface area contributed by atoms with Gasteiger partial charge in [-0.1, -0.05) is 6.92 Å². The van der Waals surface area contributed by atoms with Gasteiger partial charge in [-0.05, 0) is 25.7 Å². The Hall–Kier alpha value is -1.30. The van der Waals surface area contributed by atoms with E-state index in [0.717, 1.165) is 19.4 Å². The third-order valence-electron chi connectivity index (χ3n) is 4.09. The second-order valence-electron chi connectivity index (χ2n) is 5.62. The number of hydrogen-bond acceptors (Lipinski definition) is 3. The van der Waals surface area contributed by atoms with Crippen molar-refractivity contribution < 1.29 is 19.4 Å². The van der Waals surface area contributed by atoms with Gasteiger partial charge < -0.3 is 20.1 Å². The summed E-state index contributed by atoms with van der Waals surface area (Å²) in [5.41, 5.74) is 0. The van der Waals surface area contributed by atoms with E-state index in [0.29, 0.717) is 13.1 Å². The number of rotatable bonds is 3. The summed E-state index contributed by atoms with van der Waals surface area (Å²) in [6.45, 7) is 5.35. The molecule has 2 rings (SSSR count). The predicted molar refractivity (Wildman–Crippen MR) is 68.8 cm³/mol. The molecule has 0 spiro atoms. The molecule has 0 saturated carbocycles. The summed E-state index contributed by atoms with van der Waals surface area (Å²) in [6.07, 6.45) is 2.08. The molecule has 0 aromatic heterocycles. The maximum atomic E-state index is 12.1. The predicted octanol–water partition coefficient (Wildman–Crippen LogP) is 0.916. The van der Waals surface area contributed by atoms with Gasteiger partial charge in [-0.2, -0.15) is 0 Å². The van der Waals surface area contributed by atoms with Crippen LogP contribution in [0.5, 0.6) is 0 Å². The molecule has 2 heterocycles. The number of nitrogens with one attached hydrogen (secondary N) is 1. The van der Waals surface area contributed by atoms with Crippen molar-refractivity contribution in [3.05, 3.63) is 0 Å². The molecule has 6 heteroatoms. The van der Waals surface area contributed by atoms with Gasteiger partial charge in [0.05, 0.1) is 18.1 Å². The highest BCUT2D eigenvalue weighted by Gasteiger charge is 2.37.